The van der Waals surface area contributed by atoms with Crippen molar-refractivity contribution in [1.82, 2.24) is 4.98 Å². The first-order valence-corrected chi connectivity index (χ1v) is 9.24. The Balaban J connectivity index is 1.96. The van der Waals surface area contributed by atoms with Gasteiger partial charge < -0.3 is 11.1 Å². The fraction of sp³-hybridized carbons (Fsp3) is 0.222. The molecule has 0 fully saturated rings. The number of rotatable bonds is 3. The second kappa shape index (κ2) is 6.53. The van der Waals surface area contributed by atoms with E-state index in [1.54, 1.807) is 0 Å². The molecule has 0 spiro atoms. The van der Waals surface area contributed by atoms with Crippen molar-refractivity contribution in [1.29, 1.82) is 0 Å². The molecule has 0 bridgehead atoms. The summed E-state index contributed by atoms with van der Waals surface area (Å²) in [6, 6.07) is 9.69. The lowest BCUT2D eigenvalue weighted by atomic mass is 10.1. The molecule has 4 nitrogen and oxygen atoms in total. The molecule has 0 radical (unpaired) electrons. The summed E-state index contributed by atoms with van der Waals surface area (Å²) in [5.74, 6) is 0.115. The molecule has 24 heavy (non-hydrogen) atoms. The van der Waals surface area contributed by atoms with Crippen molar-refractivity contribution in [2.75, 3.05) is 11.1 Å². The quantitative estimate of drug-likeness (QED) is 0.621. The maximum atomic E-state index is 12.6. The van der Waals surface area contributed by atoms with Crippen LogP contribution in [0.1, 0.15) is 40.7 Å². The number of thiophene rings is 1. The van der Waals surface area contributed by atoms with Gasteiger partial charge in [0.15, 0.2) is 0 Å². The zero-order valence-corrected chi connectivity index (χ0v) is 16.1. The number of amides is 1. The standard InChI is InChI=1S/C18H18BrN3OS/c1-9(2)13-7-5-11-15(20)16(24-18(11)22-13)17(23)21-14-6-4-10(3)8-12(14)19/h4-9H,20H2,1-3H3,(H,21,23). The SMILES string of the molecule is Cc1ccc(NC(=O)c2sc3nc(C(C)C)ccc3c2N)c(Br)c1. The highest BCUT2D eigenvalue weighted by atomic mass is 79.9. The van der Waals surface area contributed by atoms with E-state index in [0.29, 0.717) is 16.5 Å². The van der Waals surface area contributed by atoms with E-state index in [1.165, 1.54) is 11.3 Å². The van der Waals surface area contributed by atoms with Gasteiger partial charge in [0.05, 0.1) is 11.4 Å². The molecule has 0 aliphatic heterocycles. The number of nitrogens with zero attached hydrogens (tertiary/aromatic N) is 1. The molecule has 0 saturated heterocycles. The number of fused-ring (bicyclic) bond motifs is 1. The summed E-state index contributed by atoms with van der Waals surface area (Å²) in [5.41, 5.74) is 9.50. The zero-order chi connectivity index (χ0) is 17.4. The third-order valence-electron chi connectivity index (χ3n) is 3.79. The summed E-state index contributed by atoms with van der Waals surface area (Å²) in [4.78, 5) is 18.5. The fourth-order valence-corrected chi connectivity index (χ4v) is 3.99. The van der Waals surface area contributed by atoms with E-state index in [-0.39, 0.29) is 5.91 Å². The average molecular weight is 404 g/mol. The normalized spacial score (nSPS) is 11.2. The molecule has 3 rings (SSSR count). The van der Waals surface area contributed by atoms with Crippen molar-refractivity contribution < 1.29 is 4.79 Å². The van der Waals surface area contributed by atoms with Crippen molar-refractivity contribution >= 4 is 54.8 Å². The summed E-state index contributed by atoms with van der Waals surface area (Å²) in [6.07, 6.45) is 0. The highest BCUT2D eigenvalue weighted by Crippen LogP contribution is 2.34. The van der Waals surface area contributed by atoms with Crippen LogP contribution in [0.25, 0.3) is 10.2 Å². The molecule has 2 heterocycles. The number of hydrogen-bond donors (Lipinski definition) is 2. The van der Waals surface area contributed by atoms with Crippen molar-refractivity contribution in [3.63, 3.8) is 0 Å². The number of hydrogen-bond acceptors (Lipinski definition) is 4. The molecule has 3 aromatic rings. The Morgan fingerprint density at radius 2 is 2.04 bits per heavy atom. The van der Waals surface area contributed by atoms with Gasteiger partial charge in [-0.1, -0.05) is 19.9 Å². The van der Waals surface area contributed by atoms with E-state index in [4.69, 9.17) is 5.73 Å². The number of nitrogens with two attached hydrogens (primary N) is 1. The molecule has 0 saturated carbocycles. The van der Waals surface area contributed by atoms with Gasteiger partial charge in [0.1, 0.15) is 9.71 Å². The zero-order valence-electron chi connectivity index (χ0n) is 13.7. The Kier molecular flexibility index (Phi) is 4.60. The van der Waals surface area contributed by atoms with E-state index < -0.39 is 0 Å². The van der Waals surface area contributed by atoms with Crippen LogP contribution in [0.3, 0.4) is 0 Å². The first-order chi connectivity index (χ1) is 11.4. The van der Waals surface area contributed by atoms with Crippen LogP contribution in [0.15, 0.2) is 34.8 Å². The first-order valence-electron chi connectivity index (χ1n) is 7.63. The van der Waals surface area contributed by atoms with E-state index in [1.807, 2.05) is 37.3 Å². The van der Waals surface area contributed by atoms with Crippen LogP contribution in [-0.4, -0.2) is 10.9 Å². The number of benzene rings is 1. The molecule has 124 valence electrons. The third-order valence-corrected chi connectivity index (χ3v) is 5.56. The van der Waals surface area contributed by atoms with Crippen LogP contribution in [0, 0.1) is 6.92 Å². The third kappa shape index (κ3) is 3.16. The number of anilines is 2. The largest absolute Gasteiger partial charge is 0.397 e. The van der Waals surface area contributed by atoms with Crippen molar-refractivity contribution in [3.05, 3.63) is 50.9 Å². The Bertz CT molecular complexity index is 933. The van der Waals surface area contributed by atoms with Crippen LogP contribution in [0.2, 0.25) is 0 Å². The summed E-state index contributed by atoms with van der Waals surface area (Å²) >= 11 is 4.80. The van der Waals surface area contributed by atoms with E-state index in [2.05, 4.69) is 40.1 Å². The number of nitrogen functional groups attached to an aromatic ring is 1. The molecular weight excluding hydrogens is 386 g/mol. The molecule has 0 atom stereocenters. The predicted molar refractivity (Wildman–Crippen MR) is 105 cm³/mol. The molecule has 1 aromatic carbocycles. The lowest BCUT2D eigenvalue weighted by molar-refractivity contribution is 0.103. The van der Waals surface area contributed by atoms with Gasteiger partial charge in [0.2, 0.25) is 0 Å². The first kappa shape index (κ1) is 16.9. The summed E-state index contributed by atoms with van der Waals surface area (Å²) in [6.45, 7) is 6.18. The predicted octanol–water partition coefficient (Wildman–Crippen LogP) is 5.33. The van der Waals surface area contributed by atoms with Gasteiger partial charge in [-0.2, -0.15) is 0 Å². The minimum absolute atomic E-state index is 0.217. The van der Waals surface area contributed by atoms with Crippen molar-refractivity contribution in [2.24, 2.45) is 0 Å². The molecule has 0 aliphatic carbocycles. The smallest absolute Gasteiger partial charge is 0.267 e. The van der Waals surface area contributed by atoms with Gasteiger partial charge in [-0.25, -0.2) is 4.98 Å². The van der Waals surface area contributed by atoms with E-state index >= 15 is 0 Å². The number of nitrogens with one attached hydrogen (secondary N) is 1. The van der Waals surface area contributed by atoms with Crippen molar-refractivity contribution in [3.8, 4) is 0 Å². The topological polar surface area (TPSA) is 68.0 Å². The van der Waals surface area contributed by atoms with Crippen LogP contribution in [0.4, 0.5) is 11.4 Å². The van der Waals surface area contributed by atoms with Gasteiger partial charge in [-0.15, -0.1) is 11.3 Å². The van der Waals surface area contributed by atoms with Crippen LogP contribution in [0.5, 0.6) is 0 Å². The molecule has 1 amide bonds. The summed E-state index contributed by atoms with van der Waals surface area (Å²) in [7, 11) is 0. The van der Waals surface area contributed by atoms with Crippen LogP contribution < -0.4 is 11.1 Å². The average Bonchev–Trinajstić information content (AvgIpc) is 2.86. The Morgan fingerprint density at radius 1 is 1.29 bits per heavy atom. The van der Waals surface area contributed by atoms with Gasteiger partial charge in [0.25, 0.3) is 5.91 Å². The van der Waals surface area contributed by atoms with E-state index in [0.717, 1.165) is 31.6 Å². The Morgan fingerprint density at radius 3 is 2.71 bits per heavy atom. The van der Waals surface area contributed by atoms with Gasteiger partial charge in [-0.05, 0) is 58.6 Å². The molecular formula is C18H18BrN3OS. The highest BCUT2D eigenvalue weighted by Gasteiger charge is 2.18. The minimum Gasteiger partial charge on any atom is -0.397 e. The number of aromatic nitrogens is 1. The lowest BCUT2D eigenvalue weighted by Crippen LogP contribution is -2.12. The molecule has 0 unspecified atom stereocenters. The fourth-order valence-electron chi connectivity index (χ4n) is 2.40. The molecule has 2 aromatic heterocycles. The number of aryl methyl sites for hydroxylation is 1. The maximum absolute atomic E-state index is 12.6. The summed E-state index contributed by atoms with van der Waals surface area (Å²) in [5, 5.41) is 3.74. The Labute approximate surface area is 153 Å². The molecule has 6 heteroatoms. The minimum atomic E-state index is -0.217. The van der Waals surface area contributed by atoms with Crippen LogP contribution in [-0.2, 0) is 0 Å². The Hall–Kier alpha value is -1.92. The van der Waals surface area contributed by atoms with Gasteiger partial charge >= 0.3 is 0 Å². The maximum Gasteiger partial charge on any atom is 0.267 e. The van der Waals surface area contributed by atoms with Gasteiger partial charge in [0, 0.05) is 15.6 Å². The monoisotopic (exact) mass is 403 g/mol. The van der Waals surface area contributed by atoms with E-state index in [9.17, 15) is 4.79 Å². The van der Waals surface area contributed by atoms with Crippen molar-refractivity contribution in [2.45, 2.75) is 26.7 Å². The summed E-state index contributed by atoms with van der Waals surface area (Å²) < 4.78 is 0.843. The lowest BCUT2D eigenvalue weighted by Gasteiger charge is -2.07. The van der Waals surface area contributed by atoms with Crippen LogP contribution >= 0.6 is 27.3 Å². The second-order valence-electron chi connectivity index (χ2n) is 6.03. The number of carbonyl (C=O) groups excluding carboxylic acids is 1. The van der Waals surface area contributed by atoms with Gasteiger partial charge in [-0.3, -0.25) is 4.79 Å². The second-order valence-corrected chi connectivity index (χ2v) is 7.88. The number of carbonyl (C=O) groups is 1. The number of halogens is 1. The molecule has 3 N–H and O–H groups in total. The number of pyridine rings is 1. The highest BCUT2D eigenvalue weighted by molar-refractivity contribution is 9.10. The molecule has 0 aliphatic rings.